The third kappa shape index (κ3) is 5.27. The van der Waals surface area contributed by atoms with E-state index in [-0.39, 0.29) is 19.0 Å². The van der Waals surface area contributed by atoms with Gasteiger partial charge < -0.3 is 15.7 Å². The summed E-state index contributed by atoms with van der Waals surface area (Å²) in [4.78, 5) is 14.8. The molecule has 0 saturated carbocycles. The maximum Gasteiger partial charge on any atom is 0.267 e. The van der Waals surface area contributed by atoms with Crippen molar-refractivity contribution < 1.29 is 22.9 Å². The van der Waals surface area contributed by atoms with Gasteiger partial charge in [0.15, 0.2) is 0 Å². The third-order valence-corrected chi connectivity index (χ3v) is 3.58. The first-order valence-corrected chi connectivity index (χ1v) is 7.26. The van der Waals surface area contributed by atoms with Crippen LogP contribution in [0.2, 0.25) is 0 Å². The molecule has 1 saturated heterocycles. The number of rotatable bonds is 5. The molecule has 0 aromatic rings. The van der Waals surface area contributed by atoms with Gasteiger partial charge in [-0.3, -0.25) is 14.2 Å². The van der Waals surface area contributed by atoms with Crippen molar-refractivity contribution >= 4 is 16.0 Å². The quantitative estimate of drug-likeness (QED) is 0.470. The molecule has 106 valence electrons. The van der Waals surface area contributed by atoms with Gasteiger partial charge in [0, 0.05) is 32.7 Å². The molecule has 0 aliphatic carbocycles. The molecule has 9 heteroatoms. The highest BCUT2D eigenvalue weighted by Gasteiger charge is 2.23. The maximum absolute atomic E-state index is 11.3. The van der Waals surface area contributed by atoms with Crippen LogP contribution in [-0.2, 0) is 14.9 Å². The number of nitrogens with zero attached hydrogens (tertiary/aromatic N) is 2. The number of carbonyl (C=O) groups excluding carboxylic acids is 1. The summed E-state index contributed by atoms with van der Waals surface area (Å²) in [6, 6.07) is 0. The minimum atomic E-state index is -4.16. The zero-order chi connectivity index (χ0) is 13.8. The van der Waals surface area contributed by atoms with Gasteiger partial charge in [0.25, 0.3) is 10.1 Å². The van der Waals surface area contributed by atoms with Crippen molar-refractivity contribution in [1.82, 2.24) is 9.80 Å². The molecule has 1 amide bonds. The smallest absolute Gasteiger partial charge is 0.267 e. The van der Waals surface area contributed by atoms with E-state index in [1.165, 1.54) is 0 Å². The summed E-state index contributed by atoms with van der Waals surface area (Å²) in [5.74, 6) is -0.789. The predicted octanol–water partition coefficient (Wildman–Crippen LogP) is -2.66. The van der Waals surface area contributed by atoms with Gasteiger partial charge in [-0.1, -0.05) is 0 Å². The van der Waals surface area contributed by atoms with Crippen LogP contribution in [0.5, 0.6) is 0 Å². The minimum Gasteiger partial charge on any atom is -0.391 e. The molecule has 8 nitrogen and oxygen atoms in total. The number of aliphatic hydroxyl groups excluding tert-OH is 1. The van der Waals surface area contributed by atoms with Gasteiger partial charge in [0.05, 0.1) is 12.6 Å². The first-order chi connectivity index (χ1) is 8.31. The Kier molecular flexibility index (Phi) is 5.47. The highest BCUT2D eigenvalue weighted by atomic mass is 32.2. The number of piperazine rings is 1. The van der Waals surface area contributed by atoms with Crippen LogP contribution in [0.3, 0.4) is 0 Å². The lowest BCUT2D eigenvalue weighted by Gasteiger charge is -2.35. The van der Waals surface area contributed by atoms with Gasteiger partial charge in [0.1, 0.15) is 5.75 Å². The van der Waals surface area contributed by atoms with Gasteiger partial charge in [-0.2, -0.15) is 8.42 Å². The Bertz CT molecular complexity index is 378. The van der Waals surface area contributed by atoms with Crippen LogP contribution < -0.4 is 5.73 Å². The van der Waals surface area contributed by atoms with Crippen LogP contribution in [0.1, 0.15) is 0 Å². The van der Waals surface area contributed by atoms with E-state index in [0.717, 1.165) is 0 Å². The van der Waals surface area contributed by atoms with E-state index >= 15 is 0 Å². The van der Waals surface area contributed by atoms with Gasteiger partial charge in [-0.25, -0.2) is 0 Å². The summed E-state index contributed by atoms with van der Waals surface area (Å²) in [6.45, 7) is 2.25. The van der Waals surface area contributed by atoms with Crippen molar-refractivity contribution in [2.75, 3.05) is 45.0 Å². The van der Waals surface area contributed by atoms with Gasteiger partial charge in [-0.05, 0) is 0 Å². The zero-order valence-corrected chi connectivity index (χ0v) is 10.8. The largest absolute Gasteiger partial charge is 0.391 e. The summed E-state index contributed by atoms with van der Waals surface area (Å²) < 4.78 is 29.7. The molecule has 1 fully saturated rings. The van der Waals surface area contributed by atoms with Crippen LogP contribution in [0.15, 0.2) is 0 Å². The second-order valence-electron chi connectivity index (χ2n) is 4.29. The summed E-state index contributed by atoms with van der Waals surface area (Å²) in [5, 5.41) is 9.48. The Balaban J connectivity index is 2.33. The average molecular weight is 281 g/mol. The second kappa shape index (κ2) is 6.43. The van der Waals surface area contributed by atoms with E-state index in [2.05, 4.69) is 0 Å². The lowest BCUT2D eigenvalue weighted by atomic mass is 10.2. The number of β-amino-alcohol motifs (C(OH)–C–C–N with tert-alkyl or cyclic N) is 1. The van der Waals surface area contributed by atoms with Crippen molar-refractivity contribution in [3.8, 4) is 0 Å². The Morgan fingerprint density at radius 3 is 2.28 bits per heavy atom. The van der Waals surface area contributed by atoms with E-state index in [9.17, 15) is 18.3 Å². The predicted molar refractivity (Wildman–Crippen MR) is 64.5 cm³/mol. The maximum atomic E-state index is 11.3. The molecule has 1 heterocycles. The fourth-order valence-corrected chi connectivity index (χ4v) is 2.49. The Morgan fingerprint density at radius 2 is 1.83 bits per heavy atom. The summed E-state index contributed by atoms with van der Waals surface area (Å²) in [5.41, 5.74) is 5.25. The first-order valence-electron chi connectivity index (χ1n) is 5.65. The molecule has 0 radical (unpaired) electrons. The molecular weight excluding hydrogens is 262 g/mol. The molecule has 1 aliphatic rings. The van der Waals surface area contributed by atoms with E-state index in [4.69, 9.17) is 10.3 Å². The Labute approximate surface area is 106 Å². The van der Waals surface area contributed by atoms with Gasteiger partial charge >= 0.3 is 0 Å². The van der Waals surface area contributed by atoms with Crippen molar-refractivity contribution in [2.24, 2.45) is 5.73 Å². The standard InChI is InChI=1S/C9H19N3O5S/c10-5-9(14)12-3-1-11(2-4-12)6-8(13)7-18(15,16)17/h8,13H,1-7,10H2,(H,15,16,17). The monoisotopic (exact) mass is 281 g/mol. The van der Waals surface area contributed by atoms with Crippen molar-refractivity contribution in [1.29, 1.82) is 0 Å². The highest BCUT2D eigenvalue weighted by molar-refractivity contribution is 7.85. The van der Waals surface area contributed by atoms with Crippen molar-refractivity contribution in [3.63, 3.8) is 0 Å². The van der Waals surface area contributed by atoms with Crippen molar-refractivity contribution in [2.45, 2.75) is 6.10 Å². The molecule has 1 unspecified atom stereocenters. The van der Waals surface area contributed by atoms with Crippen LogP contribution in [0, 0.1) is 0 Å². The summed E-state index contributed by atoms with van der Waals surface area (Å²) >= 11 is 0. The molecule has 0 aromatic carbocycles. The van der Waals surface area contributed by atoms with Gasteiger partial charge in [-0.15, -0.1) is 0 Å². The lowest BCUT2D eigenvalue weighted by Crippen LogP contribution is -2.52. The molecule has 4 N–H and O–H groups in total. The normalized spacial score (nSPS) is 19.8. The number of amides is 1. The van der Waals surface area contributed by atoms with E-state index in [0.29, 0.717) is 26.2 Å². The third-order valence-electron chi connectivity index (χ3n) is 2.77. The second-order valence-corrected chi connectivity index (χ2v) is 5.79. The number of carbonyl (C=O) groups is 1. The highest BCUT2D eigenvalue weighted by Crippen LogP contribution is 2.03. The van der Waals surface area contributed by atoms with E-state index < -0.39 is 22.0 Å². The number of hydrogen-bond donors (Lipinski definition) is 3. The topological polar surface area (TPSA) is 124 Å². The number of hydrogen-bond acceptors (Lipinski definition) is 6. The van der Waals surface area contributed by atoms with Crippen LogP contribution >= 0.6 is 0 Å². The average Bonchev–Trinajstić information content (AvgIpc) is 2.26. The minimum absolute atomic E-state index is 0.0224. The van der Waals surface area contributed by atoms with Crippen LogP contribution in [-0.4, -0.2) is 84.9 Å². The molecule has 0 aromatic heterocycles. The Morgan fingerprint density at radius 1 is 1.28 bits per heavy atom. The Hall–Kier alpha value is -0.740. The number of nitrogens with two attached hydrogens (primary N) is 1. The van der Waals surface area contributed by atoms with E-state index in [1.54, 1.807) is 4.90 Å². The van der Waals surface area contributed by atoms with Gasteiger partial charge in [0.2, 0.25) is 5.91 Å². The first kappa shape index (κ1) is 15.3. The zero-order valence-electron chi connectivity index (χ0n) is 10.0. The van der Waals surface area contributed by atoms with E-state index in [1.807, 2.05) is 4.90 Å². The molecule has 1 aliphatic heterocycles. The van der Waals surface area contributed by atoms with Crippen LogP contribution in [0.25, 0.3) is 0 Å². The van der Waals surface area contributed by atoms with Crippen LogP contribution in [0.4, 0.5) is 0 Å². The SMILES string of the molecule is NCC(=O)N1CCN(CC(O)CS(=O)(=O)O)CC1. The molecule has 1 rings (SSSR count). The molecule has 1 atom stereocenters. The van der Waals surface area contributed by atoms with Crippen molar-refractivity contribution in [3.05, 3.63) is 0 Å². The summed E-state index contributed by atoms with van der Waals surface area (Å²) in [7, 11) is -4.16. The molecule has 18 heavy (non-hydrogen) atoms. The fraction of sp³-hybridized carbons (Fsp3) is 0.889. The molecular formula is C9H19N3O5S. The lowest BCUT2D eigenvalue weighted by molar-refractivity contribution is -0.131. The fourth-order valence-electron chi connectivity index (χ4n) is 1.90. The molecule has 0 bridgehead atoms. The molecule has 0 spiro atoms. The summed E-state index contributed by atoms with van der Waals surface area (Å²) in [6.07, 6.45) is -1.13. The number of aliphatic hydroxyl groups is 1.